The first-order valence-electron chi connectivity index (χ1n) is 7.11. The molecule has 3 rings (SSSR count). The molecule has 1 fully saturated rings. The number of hydrogen-bond acceptors (Lipinski definition) is 2. The van der Waals surface area contributed by atoms with E-state index in [2.05, 4.69) is 29.3 Å². The smallest absolute Gasteiger partial charge is 0.235 e. The van der Waals surface area contributed by atoms with Crippen molar-refractivity contribution < 1.29 is 4.79 Å². The molecule has 0 bridgehead atoms. The van der Waals surface area contributed by atoms with Crippen LogP contribution in [-0.4, -0.2) is 17.4 Å². The zero-order valence-corrected chi connectivity index (χ0v) is 13.6. The third-order valence-corrected chi connectivity index (χ3v) is 4.73. The van der Waals surface area contributed by atoms with Crippen LogP contribution in [0.3, 0.4) is 0 Å². The van der Waals surface area contributed by atoms with Gasteiger partial charge in [-0.3, -0.25) is 9.69 Å². The van der Waals surface area contributed by atoms with Crippen LogP contribution in [0.1, 0.15) is 30.3 Å². The van der Waals surface area contributed by atoms with Crippen LogP contribution >= 0.6 is 23.2 Å². The largest absolute Gasteiger partial charge is 0.335 e. The Morgan fingerprint density at radius 3 is 2.55 bits per heavy atom. The molecule has 2 aromatic carbocycles. The summed E-state index contributed by atoms with van der Waals surface area (Å²) in [6, 6.07) is 15.7. The van der Waals surface area contributed by atoms with Crippen molar-refractivity contribution in [2.75, 3.05) is 6.54 Å². The number of carbonyl (C=O) groups is 1. The first kappa shape index (κ1) is 15.3. The van der Waals surface area contributed by atoms with Crippen LogP contribution in [-0.2, 0) is 4.79 Å². The van der Waals surface area contributed by atoms with Gasteiger partial charge >= 0.3 is 0 Å². The van der Waals surface area contributed by atoms with Crippen LogP contribution < -0.4 is 5.32 Å². The maximum absolute atomic E-state index is 11.9. The summed E-state index contributed by atoms with van der Waals surface area (Å²) < 4.78 is 0. The molecule has 0 aromatic heterocycles. The van der Waals surface area contributed by atoms with E-state index >= 15 is 0 Å². The van der Waals surface area contributed by atoms with Crippen LogP contribution in [0.15, 0.2) is 48.5 Å². The highest BCUT2D eigenvalue weighted by atomic mass is 35.5. The molecule has 1 heterocycles. The third kappa shape index (κ3) is 2.98. The molecule has 5 heteroatoms. The zero-order chi connectivity index (χ0) is 15.7. The normalized spacial score (nSPS) is 20.0. The molecule has 1 unspecified atom stereocenters. The molecule has 114 valence electrons. The van der Waals surface area contributed by atoms with E-state index in [4.69, 9.17) is 23.2 Å². The Hall–Kier alpha value is -1.55. The van der Waals surface area contributed by atoms with Gasteiger partial charge in [0.1, 0.15) is 6.17 Å². The van der Waals surface area contributed by atoms with Gasteiger partial charge in [0.05, 0.1) is 16.6 Å². The fourth-order valence-electron chi connectivity index (χ4n) is 2.78. The highest BCUT2D eigenvalue weighted by molar-refractivity contribution is 6.42. The summed E-state index contributed by atoms with van der Waals surface area (Å²) in [5, 5.41) is 4.01. The maximum atomic E-state index is 11.9. The predicted octanol–water partition coefficient (Wildman–Crippen LogP) is 4.19. The average molecular weight is 335 g/mol. The van der Waals surface area contributed by atoms with Gasteiger partial charge in [0.15, 0.2) is 0 Å². The molecule has 2 aromatic rings. The molecule has 1 aliphatic rings. The Kier molecular flexibility index (Phi) is 4.39. The fraction of sp³-hybridized carbons (Fsp3) is 0.235. The van der Waals surface area contributed by atoms with Crippen molar-refractivity contribution in [3.05, 3.63) is 69.7 Å². The standard InChI is InChI=1S/C17H16Cl2N2O/c1-11(12-5-3-2-4-6-12)21-10-16(22)20-17(21)13-7-8-14(18)15(19)9-13/h2-9,11,17H,10H2,1H3,(H,20,22)/t11?,17-/m0/s1. The number of nitrogens with zero attached hydrogens (tertiary/aromatic N) is 1. The second-order valence-electron chi connectivity index (χ2n) is 5.40. The first-order chi connectivity index (χ1) is 10.6. The lowest BCUT2D eigenvalue weighted by Gasteiger charge is -2.30. The summed E-state index contributed by atoms with van der Waals surface area (Å²) >= 11 is 12.1. The number of hydrogen-bond donors (Lipinski definition) is 1. The Morgan fingerprint density at radius 2 is 1.86 bits per heavy atom. The summed E-state index contributed by atoms with van der Waals surface area (Å²) in [7, 11) is 0. The van der Waals surface area contributed by atoms with Crippen molar-refractivity contribution >= 4 is 29.1 Å². The lowest BCUT2D eigenvalue weighted by atomic mass is 10.1. The van der Waals surface area contributed by atoms with Gasteiger partial charge in [0.25, 0.3) is 0 Å². The van der Waals surface area contributed by atoms with Crippen molar-refractivity contribution in [1.29, 1.82) is 0 Å². The van der Waals surface area contributed by atoms with Crippen molar-refractivity contribution in [3.8, 4) is 0 Å². The molecule has 1 N–H and O–H groups in total. The minimum absolute atomic E-state index is 0.0128. The highest BCUT2D eigenvalue weighted by Crippen LogP contribution is 2.34. The van der Waals surface area contributed by atoms with Crippen molar-refractivity contribution in [2.24, 2.45) is 0 Å². The summed E-state index contributed by atoms with van der Waals surface area (Å²) in [4.78, 5) is 14.0. The monoisotopic (exact) mass is 334 g/mol. The number of carbonyl (C=O) groups excluding carboxylic acids is 1. The number of rotatable bonds is 3. The number of benzene rings is 2. The van der Waals surface area contributed by atoms with Gasteiger partial charge in [0.2, 0.25) is 5.91 Å². The van der Waals surface area contributed by atoms with Crippen molar-refractivity contribution in [1.82, 2.24) is 10.2 Å². The van der Waals surface area contributed by atoms with E-state index in [1.54, 1.807) is 6.07 Å². The van der Waals surface area contributed by atoms with E-state index in [0.717, 1.165) is 5.56 Å². The average Bonchev–Trinajstić information content (AvgIpc) is 2.92. The van der Waals surface area contributed by atoms with Crippen molar-refractivity contribution in [3.63, 3.8) is 0 Å². The van der Waals surface area contributed by atoms with E-state index < -0.39 is 0 Å². The van der Waals surface area contributed by atoms with Gasteiger partial charge in [-0.15, -0.1) is 0 Å². The van der Waals surface area contributed by atoms with Crippen LogP contribution in [0.25, 0.3) is 0 Å². The van der Waals surface area contributed by atoms with Crippen LogP contribution in [0.2, 0.25) is 10.0 Å². The highest BCUT2D eigenvalue weighted by Gasteiger charge is 2.34. The molecule has 0 radical (unpaired) electrons. The van der Waals surface area contributed by atoms with Crippen LogP contribution in [0, 0.1) is 0 Å². The van der Waals surface area contributed by atoms with Crippen LogP contribution in [0.5, 0.6) is 0 Å². The number of amides is 1. The van der Waals surface area contributed by atoms with E-state index in [1.165, 1.54) is 5.56 Å². The van der Waals surface area contributed by atoms with E-state index in [9.17, 15) is 4.79 Å². The van der Waals surface area contributed by atoms with Gasteiger partial charge in [0, 0.05) is 6.04 Å². The molecule has 1 saturated heterocycles. The molecule has 22 heavy (non-hydrogen) atoms. The Bertz CT molecular complexity index is 690. The van der Waals surface area contributed by atoms with Gasteiger partial charge in [-0.2, -0.15) is 0 Å². The molecule has 0 spiro atoms. The summed E-state index contributed by atoms with van der Waals surface area (Å²) in [6.07, 6.45) is -0.197. The summed E-state index contributed by atoms with van der Waals surface area (Å²) in [6.45, 7) is 2.46. The molecule has 1 amide bonds. The minimum atomic E-state index is -0.197. The zero-order valence-electron chi connectivity index (χ0n) is 12.1. The molecule has 0 saturated carbocycles. The predicted molar refractivity (Wildman–Crippen MR) is 88.9 cm³/mol. The van der Waals surface area contributed by atoms with Gasteiger partial charge in [-0.05, 0) is 30.2 Å². The van der Waals surface area contributed by atoms with Crippen LogP contribution in [0.4, 0.5) is 0 Å². The van der Waals surface area contributed by atoms with E-state index in [1.807, 2.05) is 30.3 Å². The third-order valence-electron chi connectivity index (χ3n) is 3.99. The number of halogens is 2. The SMILES string of the molecule is CC(c1ccccc1)N1CC(=O)N[C@@H]1c1ccc(Cl)c(Cl)c1. The Labute approximate surface area is 139 Å². The van der Waals surface area contributed by atoms with Gasteiger partial charge < -0.3 is 5.32 Å². The van der Waals surface area contributed by atoms with Gasteiger partial charge in [-0.1, -0.05) is 59.6 Å². The second kappa shape index (κ2) is 6.29. The topological polar surface area (TPSA) is 32.3 Å². The summed E-state index contributed by atoms with van der Waals surface area (Å²) in [5.74, 6) is 0.0128. The Balaban J connectivity index is 1.92. The lowest BCUT2D eigenvalue weighted by Crippen LogP contribution is -2.30. The molecule has 2 atom stereocenters. The molecular formula is C17H16Cl2N2O. The minimum Gasteiger partial charge on any atom is -0.335 e. The number of nitrogens with one attached hydrogen (secondary N) is 1. The molecule has 3 nitrogen and oxygen atoms in total. The van der Waals surface area contributed by atoms with Crippen molar-refractivity contribution in [2.45, 2.75) is 19.1 Å². The lowest BCUT2D eigenvalue weighted by molar-refractivity contribution is -0.118. The fourth-order valence-corrected chi connectivity index (χ4v) is 3.09. The van der Waals surface area contributed by atoms with E-state index in [0.29, 0.717) is 16.6 Å². The van der Waals surface area contributed by atoms with Gasteiger partial charge in [-0.25, -0.2) is 0 Å². The second-order valence-corrected chi connectivity index (χ2v) is 6.22. The molecular weight excluding hydrogens is 319 g/mol. The quantitative estimate of drug-likeness (QED) is 0.912. The maximum Gasteiger partial charge on any atom is 0.235 e. The molecule has 1 aliphatic heterocycles. The first-order valence-corrected chi connectivity index (χ1v) is 7.87. The summed E-state index contributed by atoms with van der Waals surface area (Å²) in [5.41, 5.74) is 2.10. The Morgan fingerprint density at radius 1 is 1.14 bits per heavy atom. The molecule has 0 aliphatic carbocycles. The van der Waals surface area contributed by atoms with E-state index in [-0.39, 0.29) is 18.1 Å².